The molecular weight excluding hydrogens is 921 g/mol. The van der Waals surface area contributed by atoms with Crippen molar-refractivity contribution in [2.45, 2.75) is 147 Å². The van der Waals surface area contributed by atoms with Gasteiger partial charge in [0.25, 0.3) is 5.91 Å². The van der Waals surface area contributed by atoms with E-state index in [1.165, 1.54) is 27.7 Å². The topological polar surface area (TPSA) is 450 Å². The number of aliphatic carboxylic acids is 4. The number of hydrogen-bond donors (Lipinski definition) is 14. The van der Waals surface area contributed by atoms with Crippen molar-refractivity contribution in [3.8, 4) is 0 Å². The number of carboxylic acids is 4. The van der Waals surface area contributed by atoms with Gasteiger partial charge in [-0.2, -0.15) is 0 Å². The zero-order valence-corrected chi connectivity index (χ0v) is 39.3. The Morgan fingerprint density at radius 3 is 1.57 bits per heavy atom. The molecule has 9 amide bonds. The molecule has 0 aromatic heterocycles. The maximum Gasteiger partial charge on any atom is 0.326 e. The molecule has 0 aromatic rings. The molecule has 69 heavy (non-hydrogen) atoms. The van der Waals surface area contributed by atoms with Gasteiger partial charge in [0.2, 0.25) is 47.3 Å². The third-order valence-electron chi connectivity index (χ3n) is 10.8. The van der Waals surface area contributed by atoms with Gasteiger partial charge in [-0.3, -0.25) is 57.5 Å². The molecule has 388 valence electrons. The molecule has 0 saturated carbocycles. The maximum absolute atomic E-state index is 13.9. The van der Waals surface area contributed by atoms with E-state index in [1.54, 1.807) is 6.92 Å². The van der Waals surface area contributed by atoms with E-state index in [4.69, 9.17) is 5.11 Å². The molecule has 1 aliphatic rings. The monoisotopic (exact) mass is 987 g/mol. The minimum Gasteiger partial charge on any atom is -0.481 e. The van der Waals surface area contributed by atoms with Gasteiger partial charge in [0.15, 0.2) is 6.04 Å². The molecule has 0 aliphatic carbocycles. The van der Waals surface area contributed by atoms with E-state index in [9.17, 15) is 82.8 Å². The standard InChI is InChI=1S/C41H66N10O18/c1-7-19(4)32(49-40(67)33(21(6)52)50-37(64)25-9-8-14-51(25)27(54)17-43-26(53)16-44-34(61)20(5)42)39(66)46-22(10-12-28(55)56)35(62)45-23(11-13-29(57)58)36(63)48-31(18(2)3)38(65)47-24(41(68)69)15-30(59)60/h18-25,31-33,52H,7-17,42H2,1-6H3,(H,43,53)(H,44,61)(H,45,62)(H,46,66)(H,47,65)(H,48,63)(H,49,67)(H,50,64)(H,55,56)(H,57,58)(H,59,60)(H,68,69)/p+1/t19-,20-,21+,22-,23-,24-,25-,31-,32-,33-/m0/s1. The summed E-state index contributed by atoms with van der Waals surface area (Å²) in [4.78, 5) is 166. The summed E-state index contributed by atoms with van der Waals surface area (Å²) in [7, 11) is 0. The Labute approximate surface area is 396 Å². The molecular formula is C41H67N10O18+. The Balaban J connectivity index is 3.31. The Morgan fingerprint density at radius 2 is 1.09 bits per heavy atom. The zero-order chi connectivity index (χ0) is 52.9. The van der Waals surface area contributed by atoms with Gasteiger partial charge in [-0.15, -0.1) is 0 Å². The Hall–Kier alpha value is -6.97. The van der Waals surface area contributed by atoms with Crippen molar-refractivity contribution < 1.29 is 93.6 Å². The van der Waals surface area contributed by atoms with Gasteiger partial charge >= 0.3 is 23.9 Å². The number of rotatable bonds is 30. The normalized spacial score (nSPS) is 17.1. The summed E-state index contributed by atoms with van der Waals surface area (Å²) >= 11 is 0. The largest absolute Gasteiger partial charge is 0.481 e. The molecule has 1 heterocycles. The van der Waals surface area contributed by atoms with Gasteiger partial charge in [-0.05, 0) is 51.4 Å². The highest BCUT2D eigenvalue weighted by Gasteiger charge is 2.39. The molecule has 1 rings (SSSR count). The molecule has 28 heteroatoms. The highest BCUT2D eigenvalue weighted by atomic mass is 16.4. The highest BCUT2D eigenvalue weighted by molar-refractivity contribution is 5.98. The molecule has 0 unspecified atom stereocenters. The minimum atomic E-state index is -1.90. The highest BCUT2D eigenvalue weighted by Crippen LogP contribution is 2.18. The Kier molecular flexibility index (Phi) is 25.3. The van der Waals surface area contributed by atoms with Gasteiger partial charge in [0, 0.05) is 19.4 Å². The number of nitrogens with one attached hydrogen (secondary N) is 8. The number of hydrogen-bond acceptors (Lipinski definition) is 14. The van der Waals surface area contributed by atoms with Crippen LogP contribution in [0, 0.1) is 11.8 Å². The molecule has 0 radical (unpaired) electrons. The van der Waals surface area contributed by atoms with E-state index < -0.39 is 189 Å². The van der Waals surface area contributed by atoms with Crippen molar-refractivity contribution in [2.75, 3.05) is 19.6 Å². The summed E-state index contributed by atoms with van der Waals surface area (Å²) in [6, 6.07) is -12.0. The predicted octanol–water partition coefficient (Wildman–Crippen LogP) is -5.88. The quantitative estimate of drug-likeness (QED) is 0.0319. The number of carbonyl (C=O) groups excluding carboxylic acids is 9. The van der Waals surface area contributed by atoms with Crippen LogP contribution in [0.15, 0.2) is 0 Å². The third-order valence-corrected chi connectivity index (χ3v) is 10.8. The Morgan fingerprint density at radius 1 is 0.594 bits per heavy atom. The maximum atomic E-state index is 13.9. The molecule has 0 aromatic carbocycles. The molecule has 1 fully saturated rings. The van der Waals surface area contributed by atoms with Crippen LogP contribution in [0.1, 0.15) is 92.9 Å². The van der Waals surface area contributed by atoms with Crippen LogP contribution in [0.4, 0.5) is 0 Å². The Bertz CT molecular complexity index is 1910. The summed E-state index contributed by atoms with van der Waals surface area (Å²) in [5.74, 6) is -16.0. The smallest absolute Gasteiger partial charge is 0.326 e. The summed E-state index contributed by atoms with van der Waals surface area (Å²) in [5, 5.41) is 66.3. The number of aliphatic hydroxyl groups excluding tert-OH is 1. The summed E-state index contributed by atoms with van der Waals surface area (Å²) < 4.78 is 0. The van der Waals surface area contributed by atoms with Crippen molar-refractivity contribution >= 4 is 77.0 Å². The number of likely N-dealkylation sites (tertiary alicyclic amines) is 1. The second-order valence-corrected chi connectivity index (χ2v) is 17.0. The summed E-state index contributed by atoms with van der Waals surface area (Å²) in [6.45, 7) is 7.85. The first-order valence-corrected chi connectivity index (χ1v) is 22.2. The molecule has 16 N–H and O–H groups in total. The molecule has 1 aliphatic heterocycles. The van der Waals surface area contributed by atoms with Crippen LogP contribution < -0.4 is 48.3 Å². The summed E-state index contributed by atoms with van der Waals surface area (Å²) in [6.07, 6.45) is -4.61. The average molecular weight is 988 g/mol. The number of aliphatic hydroxyl groups is 1. The van der Waals surface area contributed by atoms with Crippen molar-refractivity contribution in [3.63, 3.8) is 0 Å². The fraction of sp³-hybridized carbons (Fsp3) is 0.683. The molecule has 1 saturated heterocycles. The lowest BCUT2D eigenvalue weighted by atomic mass is 9.96. The van der Waals surface area contributed by atoms with Gasteiger partial charge in [0.05, 0.1) is 25.6 Å². The van der Waals surface area contributed by atoms with Crippen LogP contribution in [0.25, 0.3) is 0 Å². The predicted molar refractivity (Wildman–Crippen MR) is 234 cm³/mol. The van der Waals surface area contributed by atoms with E-state index in [2.05, 4.69) is 43.0 Å². The van der Waals surface area contributed by atoms with Crippen molar-refractivity contribution in [2.24, 2.45) is 11.8 Å². The number of quaternary nitrogens is 1. The first-order chi connectivity index (χ1) is 32.1. The number of carbonyl (C=O) groups is 13. The lowest BCUT2D eigenvalue weighted by Crippen LogP contribution is -2.66. The van der Waals surface area contributed by atoms with Crippen LogP contribution in [0.5, 0.6) is 0 Å². The fourth-order valence-electron chi connectivity index (χ4n) is 6.65. The molecule has 10 atom stereocenters. The number of amides is 9. The lowest BCUT2D eigenvalue weighted by Gasteiger charge is -2.31. The van der Waals surface area contributed by atoms with Crippen LogP contribution in [-0.4, -0.2) is 182 Å². The summed E-state index contributed by atoms with van der Waals surface area (Å²) in [5.41, 5.74) is 3.53. The van der Waals surface area contributed by atoms with Gasteiger partial charge in [0.1, 0.15) is 42.3 Å². The molecule has 0 spiro atoms. The third kappa shape index (κ3) is 20.8. The average Bonchev–Trinajstić information content (AvgIpc) is 3.76. The van der Waals surface area contributed by atoms with E-state index in [0.29, 0.717) is 6.42 Å². The first-order valence-electron chi connectivity index (χ1n) is 22.2. The van der Waals surface area contributed by atoms with Crippen LogP contribution >= 0.6 is 0 Å². The van der Waals surface area contributed by atoms with E-state index >= 15 is 0 Å². The minimum absolute atomic E-state index is 0.104. The van der Waals surface area contributed by atoms with E-state index in [0.717, 1.165) is 11.8 Å². The first kappa shape index (κ1) is 60.0. The molecule has 0 bridgehead atoms. The van der Waals surface area contributed by atoms with E-state index in [1.807, 2.05) is 5.32 Å². The zero-order valence-electron chi connectivity index (χ0n) is 39.3. The van der Waals surface area contributed by atoms with Crippen LogP contribution in [0.2, 0.25) is 0 Å². The second-order valence-electron chi connectivity index (χ2n) is 17.0. The lowest BCUT2D eigenvalue weighted by molar-refractivity contribution is -0.398. The second kappa shape index (κ2) is 29.0. The SMILES string of the molecule is CC[C@H](C)[C@H](NC(=O)[C@@H](NC(=O)[C@@H]1CCCN1C(=O)CNC(=O)CNC(=O)[C@H](C)[NH3+])[C@@H](C)O)C(=O)N[C@@H](CCC(=O)O)C(=O)N[C@@H](CCC(=O)O)C(=O)N[C@H](C(=O)N[C@@H](CC(=O)O)C(=O)O)C(C)C. The molecule has 28 nitrogen and oxygen atoms in total. The van der Waals surface area contributed by atoms with Gasteiger partial charge in [-0.1, -0.05) is 34.1 Å². The van der Waals surface area contributed by atoms with Crippen molar-refractivity contribution in [3.05, 3.63) is 0 Å². The fourth-order valence-corrected chi connectivity index (χ4v) is 6.65. The van der Waals surface area contributed by atoms with Crippen molar-refractivity contribution in [1.82, 2.24) is 47.4 Å². The number of nitrogens with zero attached hydrogens (tertiary/aromatic N) is 1. The van der Waals surface area contributed by atoms with Gasteiger partial charge < -0.3 is 78.7 Å². The van der Waals surface area contributed by atoms with E-state index in [-0.39, 0.29) is 19.4 Å². The van der Waals surface area contributed by atoms with Crippen LogP contribution in [0.3, 0.4) is 0 Å². The van der Waals surface area contributed by atoms with Crippen molar-refractivity contribution in [1.29, 1.82) is 0 Å². The number of carboxylic acid groups (broad SMARTS) is 4. The van der Waals surface area contributed by atoms with Gasteiger partial charge in [-0.25, -0.2) is 4.79 Å². The van der Waals surface area contributed by atoms with Crippen LogP contribution in [-0.2, 0) is 62.3 Å².